The minimum Gasteiger partial charge on any atom is -0.316 e. The van der Waals surface area contributed by atoms with Crippen molar-refractivity contribution in [2.24, 2.45) is 5.92 Å². The molecule has 0 aliphatic heterocycles. The van der Waals surface area contributed by atoms with E-state index in [1.165, 1.54) is 6.07 Å². The van der Waals surface area contributed by atoms with Gasteiger partial charge in [-0.2, -0.15) is 0 Å². The van der Waals surface area contributed by atoms with Crippen LogP contribution in [0.5, 0.6) is 0 Å². The minimum atomic E-state index is -0.150. The third kappa shape index (κ3) is 5.97. The normalized spacial score (nSPS) is 11.6. The van der Waals surface area contributed by atoms with Gasteiger partial charge >= 0.3 is 0 Å². The number of benzene rings is 1. The van der Waals surface area contributed by atoms with Gasteiger partial charge in [0.25, 0.3) is 0 Å². The predicted octanol–water partition coefficient (Wildman–Crippen LogP) is 3.87. The van der Waals surface area contributed by atoms with Gasteiger partial charge in [-0.1, -0.05) is 32.1 Å². The molecule has 100 valence electrons. The van der Waals surface area contributed by atoms with Crippen LogP contribution in [0.2, 0.25) is 0 Å². The smallest absolute Gasteiger partial charge is 0.123 e. The summed E-state index contributed by atoms with van der Waals surface area (Å²) in [5, 5.41) is 3.39. The maximum atomic E-state index is 13.1. The topological polar surface area (TPSA) is 12.0 Å². The molecule has 1 aromatic rings. The third-order valence-electron chi connectivity index (χ3n) is 2.86. The van der Waals surface area contributed by atoms with E-state index in [0.717, 1.165) is 37.1 Å². The number of aryl methyl sites for hydroxylation is 1. The Kier molecular flexibility index (Phi) is 6.66. The second-order valence-electron chi connectivity index (χ2n) is 5.13. The maximum Gasteiger partial charge on any atom is 0.123 e. The first-order chi connectivity index (χ1) is 8.59. The lowest BCUT2D eigenvalue weighted by molar-refractivity contribution is 0.556. The molecule has 0 atom stereocenters. The van der Waals surface area contributed by atoms with Crippen molar-refractivity contribution >= 4 is 0 Å². The summed E-state index contributed by atoms with van der Waals surface area (Å²) >= 11 is 0. The summed E-state index contributed by atoms with van der Waals surface area (Å²) in [5.41, 5.74) is 2.22. The average Bonchev–Trinajstić information content (AvgIpc) is 2.32. The van der Waals surface area contributed by atoms with Crippen LogP contribution in [-0.2, 0) is 6.42 Å². The monoisotopic (exact) mass is 249 g/mol. The zero-order chi connectivity index (χ0) is 13.4. The van der Waals surface area contributed by atoms with Gasteiger partial charge in [-0.3, -0.25) is 0 Å². The Morgan fingerprint density at radius 2 is 2.06 bits per heavy atom. The standard InChI is InChI=1S/C16H24FN/c1-13(2)12-18-10-6-4-5-7-15-11-16(17)9-8-14(15)3/h4-5,8-9,11,13,18H,6-7,10,12H2,1-3H3/b5-4+. The lowest BCUT2D eigenvalue weighted by Crippen LogP contribution is -2.20. The summed E-state index contributed by atoms with van der Waals surface area (Å²) < 4.78 is 13.1. The molecule has 1 aromatic carbocycles. The maximum absolute atomic E-state index is 13.1. The van der Waals surface area contributed by atoms with E-state index in [9.17, 15) is 4.39 Å². The second-order valence-corrected chi connectivity index (χ2v) is 5.13. The quantitative estimate of drug-likeness (QED) is 0.571. The van der Waals surface area contributed by atoms with E-state index in [4.69, 9.17) is 0 Å². The van der Waals surface area contributed by atoms with Crippen LogP contribution < -0.4 is 5.32 Å². The summed E-state index contributed by atoms with van der Waals surface area (Å²) in [7, 11) is 0. The number of rotatable bonds is 7. The fourth-order valence-corrected chi connectivity index (χ4v) is 1.76. The molecule has 2 heteroatoms. The van der Waals surface area contributed by atoms with Crippen LogP contribution in [0.3, 0.4) is 0 Å². The predicted molar refractivity (Wildman–Crippen MR) is 76.3 cm³/mol. The van der Waals surface area contributed by atoms with E-state index < -0.39 is 0 Å². The Hall–Kier alpha value is -1.15. The first-order valence-electron chi connectivity index (χ1n) is 6.70. The SMILES string of the molecule is Cc1ccc(F)cc1C/C=C/CCNCC(C)C. The molecule has 0 unspecified atom stereocenters. The molecule has 0 spiro atoms. The first-order valence-corrected chi connectivity index (χ1v) is 6.70. The molecule has 0 saturated heterocycles. The Morgan fingerprint density at radius 1 is 1.28 bits per heavy atom. The van der Waals surface area contributed by atoms with E-state index >= 15 is 0 Å². The van der Waals surface area contributed by atoms with E-state index in [1.54, 1.807) is 6.07 Å². The van der Waals surface area contributed by atoms with Gasteiger partial charge < -0.3 is 5.32 Å². The van der Waals surface area contributed by atoms with Crippen molar-refractivity contribution in [2.75, 3.05) is 13.1 Å². The van der Waals surface area contributed by atoms with Gasteiger partial charge in [-0.05, 0) is 62.0 Å². The van der Waals surface area contributed by atoms with Crippen LogP contribution in [0.15, 0.2) is 30.4 Å². The van der Waals surface area contributed by atoms with E-state index in [1.807, 2.05) is 13.0 Å². The summed E-state index contributed by atoms with van der Waals surface area (Å²) in [4.78, 5) is 0. The summed E-state index contributed by atoms with van der Waals surface area (Å²) in [6.07, 6.45) is 6.13. The average molecular weight is 249 g/mol. The number of halogens is 1. The van der Waals surface area contributed by atoms with Gasteiger partial charge in [0.1, 0.15) is 5.82 Å². The second kappa shape index (κ2) is 8.04. The van der Waals surface area contributed by atoms with Crippen LogP contribution in [-0.4, -0.2) is 13.1 Å². The largest absolute Gasteiger partial charge is 0.316 e. The Bertz CT molecular complexity index is 383. The molecular formula is C16H24FN. The van der Waals surface area contributed by atoms with Crippen molar-refractivity contribution in [3.8, 4) is 0 Å². The van der Waals surface area contributed by atoms with Crippen molar-refractivity contribution in [2.45, 2.75) is 33.6 Å². The van der Waals surface area contributed by atoms with Gasteiger partial charge in [0.15, 0.2) is 0 Å². The molecule has 0 amide bonds. The summed E-state index contributed by atoms with van der Waals surface area (Å²) in [6, 6.07) is 4.97. The third-order valence-corrected chi connectivity index (χ3v) is 2.86. The molecule has 0 heterocycles. The van der Waals surface area contributed by atoms with Gasteiger partial charge in [0, 0.05) is 0 Å². The van der Waals surface area contributed by atoms with Crippen molar-refractivity contribution in [3.05, 3.63) is 47.3 Å². The van der Waals surface area contributed by atoms with Crippen molar-refractivity contribution in [1.82, 2.24) is 5.32 Å². The molecule has 0 aliphatic rings. The molecule has 0 aliphatic carbocycles. The van der Waals surface area contributed by atoms with Gasteiger partial charge in [-0.15, -0.1) is 0 Å². The molecule has 0 saturated carbocycles. The summed E-state index contributed by atoms with van der Waals surface area (Å²) in [5.74, 6) is 0.548. The van der Waals surface area contributed by atoms with Gasteiger partial charge in [0.05, 0.1) is 0 Å². The number of nitrogens with one attached hydrogen (secondary N) is 1. The van der Waals surface area contributed by atoms with Gasteiger partial charge in [0.2, 0.25) is 0 Å². The zero-order valence-corrected chi connectivity index (χ0v) is 11.7. The highest BCUT2D eigenvalue weighted by atomic mass is 19.1. The van der Waals surface area contributed by atoms with Crippen LogP contribution in [0.4, 0.5) is 4.39 Å². The lowest BCUT2D eigenvalue weighted by atomic mass is 10.1. The van der Waals surface area contributed by atoms with Crippen molar-refractivity contribution in [1.29, 1.82) is 0 Å². The van der Waals surface area contributed by atoms with Crippen LogP contribution in [0.25, 0.3) is 0 Å². The van der Waals surface area contributed by atoms with Crippen molar-refractivity contribution in [3.63, 3.8) is 0 Å². The zero-order valence-electron chi connectivity index (χ0n) is 11.7. The molecule has 0 fully saturated rings. The molecule has 0 bridgehead atoms. The Labute approximate surface area is 110 Å². The molecule has 1 rings (SSSR count). The minimum absolute atomic E-state index is 0.150. The molecule has 1 nitrogen and oxygen atoms in total. The van der Waals surface area contributed by atoms with Gasteiger partial charge in [-0.25, -0.2) is 4.39 Å². The van der Waals surface area contributed by atoms with E-state index in [-0.39, 0.29) is 5.82 Å². The van der Waals surface area contributed by atoms with Crippen LogP contribution in [0.1, 0.15) is 31.4 Å². The molecule has 18 heavy (non-hydrogen) atoms. The molecule has 0 radical (unpaired) electrons. The molecule has 1 N–H and O–H groups in total. The molecule has 0 aromatic heterocycles. The first kappa shape index (κ1) is 14.9. The van der Waals surface area contributed by atoms with Crippen LogP contribution in [0, 0.1) is 18.7 Å². The van der Waals surface area contributed by atoms with E-state index in [0.29, 0.717) is 5.92 Å². The fraction of sp³-hybridized carbons (Fsp3) is 0.500. The molecular weight excluding hydrogens is 225 g/mol. The number of hydrogen-bond donors (Lipinski definition) is 1. The highest BCUT2D eigenvalue weighted by molar-refractivity contribution is 5.28. The highest BCUT2D eigenvalue weighted by Gasteiger charge is 1.97. The Balaban J connectivity index is 2.25. The number of allylic oxidation sites excluding steroid dienone is 1. The highest BCUT2D eigenvalue weighted by Crippen LogP contribution is 2.11. The lowest BCUT2D eigenvalue weighted by Gasteiger charge is -2.05. The van der Waals surface area contributed by atoms with Crippen molar-refractivity contribution < 1.29 is 4.39 Å². The van der Waals surface area contributed by atoms with Crippen LogP contribution >= 0.6 is 0 Å². The van der Waals surface area contributed by atoms with E-state index in [2.05, 4.69) is 31.3 Å². The Morgan fingerprint density at radius 3 is 2.78 bits per heavy atom. The fourth-order valence-electron chi connectivity index (χ4n) is 1.76. The summed E-state index contributed by atoms with van der Waals surface area (Å²) in [6.45, 7) is 8.51. The number of hydrogen-bond acceptors (Lipinski definition) is 1.